The number of carbonyl (C=O) groups is 2. The fourth-order valence-corrected chi connectivity index (χ4v) is 4.25. The quantitative estimate of drug-likeness (QED) is 0.602. The van der Waals surface area contributed by atoms with Gasteiger partial charge in [0.15, 0.2) is 0 Å². The second kappa shape index (κ2) is 11.3. The van der Waals surface area contributed by atoms with Crippen molar-refractivity contribution in [3.8, 4) is 0 Å². The third-order valence-electron chi connectivity index (χ3n) is 5.87. The van der Waals surface area contributed by atoms with Crippen LogP contribution >= 0.6 is 11.6 Å². The van der Waals surface area contributed by atoms with E-state index < -0.39 is 6.04 Å². The van der Waals surface area contributed by atoms with Gasteiger partial charge >= 0.3 is 0 Å². The second-order valence-corrected chi connectivity index (χ2v) is 8.66. The smallest absolute Gasteiger partial charge is 0.243 e. The van der Waals surface area contributed by atoms with Gasteiger partial charge in [-0.3, -0.25) is 9.59 Å². The van der Waals surface area contributed by atoms with E-state index in [0.717, 1.165) is 36.8 Å². The van der Waals surface area contributed by atoms with Gasteiger partial charge in [-0.15, -0.1) is 0 Å². The minimum absolute atomic E-state index is 0.101. The number of carbonyl (C=O) groups excluding carboxylic acids is 2. The van der Waals surface area contributed by atoms with Crippen molar-refractivity contribution in [2.45, 2.75) is 70.5 Å². The maximum absolute atomic E-state index is 13.3. The lowest BCUT2D eigenvalue weighted by molar-refractivity contribution is -0.141. The number of halogens is 2. The van der Waals surface area contributed by atoms with Crippen molar-refractivity contribution in [1.29, 1.82) is 0 Å². The van der Waals surface area contributed by atoms with Crippen LogP contribution in [0.3, 0.4) is 0 Å². The van der Waals surface area contributed by atoms with E-state index in [-0.39, 0.29) is 30.1 Å². The van der Waals surface area contributed by atoms with Gasteiger partial charge in [0.25, 0.3) is 0 Å². The molecule has 0 aliphatic heterocycles. The molecule has 1 fully saturated rings. The Morgan fingerprint density at radius 3 is 2.26 bits per heavy atom. The van der Waals surface area contributed by atoms with Crippen molar-refractivity contribution in [1.82, 2.24) is 10.2 Å². The first-order valence-electron chi connectivity index (χ1n) is 11.0. The molecule has 2 amide bonds. The van der Waals surface area contributed by atoms with E-state index in [9.17, 15) is 14.0 Å². The van der Waals surface area contributed by atoms with Gasteiger partial charge in [-0.25, -0.2) is 4.39 Å². The summed E-state index contributed by atoms with van der Waals surface area (Å²) in [4.78, 5) is 28.1. The van der Waals surface area contributed by atoms with Gasteiger partial charge in [0.2, 0.25) is 11.8 Å². The number of benzene rings is 2. The van der Waals surface area contributed by atoms with E-state index in [0.29, 0.717) is 18.0 Å². The summed E-state index contributed by atoms with van der Waals surface area (Å²) in [6.45, 7) is 2.24. The maximum Gasteiger partial charge on any atom is 0.243 e. The summed E-state index contributed by atoms with van der Waals surface area (Å²) in [6.07, 6.45) is 6.07. The molecule has 0 saturated heterocycles. The second-order valence-electron chi connectivity index (χ2n) is 8.22. The molecule has 6 heteroatoms. The van der Waals surface area contributed by atoms with Crippen LogP contribution in [0.25, 0.3) is 0 Å². The molecule has 1 N–H and O–H groups in total. The Hall–Kier alpha value is -2.40. The molecule has 0 bridgehead atoms. The number of nitrogens with zero attached hydrogens (tertiary/aromatic N) is 1. The summed E-state index contributed by atoms with van der Waals surface area (Å²) >= 11 is 6.00. The van der Waals surface area contributed by atoms with Crippen LogP contribution in [-0.2, 0) is 22.6 Å². The van der Waals surface area contributed by atoms with E-state index in [1.54, 1.807) is 29.2 Å². The lowest BCUT2D eigenvalue weighted by Gasteiger charge is -2.33. The zero-order valence-electron chi connectivity index (χ0n) is 17.9. The largest absolute Gasteiger partial charge is 0.352 e. The highest BCUT2D eigenvalue weighted by molar-refractivity contribution is 6.30. The molecule has 1 aliphatic rings. The van der Waals surface area contributed by atoms with Crippen molar-refractivity contribution in [2.75, 3.05) is 0 Å². The molecule has 1 aliphatic carbocycles. The number of amides is 2. The van der Waals surface area contributed by atoms with Gasteiger partial charge in [-0.1, -0.05) is 62.1 Å². The summed E-state index contributed by atoms with van der Waals surface area (Å²) in [5.41, 5.74) is 1.62. The molecule has 0 spiro atoms. The van der Waals surface area contributed by atoms with Gasteiger partial charge in [-0.2, -0.15) is 0 Å². The van der Waals surface area contributed by atoms with Gasteiger partial charge in [-0.05, 0) is 54.7 Å². The van der Waals surface area contributed by atoms with Crippen molar-refractivity contribution >= 4 is 23.4 Å². The summed E-state index contributed by atoms with van der Waals surface area (Å²) in [6, 6.07) is 12.8. The first-order chi connectivity index (χ1) is 15.0. The summed E-state index contributed by atoms with van der Waals surface area (Å²) in [5.74, 6) is -0.601. The van der Waals surface area contributed by atoms with Crippen LogP contribution in [0.5, 0.6) is 0 Å². The number of rotatable bonds is 8. The third-order valence-corrected chi connectivity index (χ3v) is 6.12. The van der Waals surface area contributed by atoms with E-state index in [1.165, 1.54) is 18.6 Å². The fraction of sp³-hybridized carbons (Fsp3) is 0.440. The Balaban J connectivity index is 1.79. The SMILES string of the molecule is CCC(C(=O)NC1CCCCC1)N(Cc1ccc(Cl)cc1)C(=O)Cc1ccc(F)cc1. The molecule has 1 saturated carbocycles. The molecule has 166 valence electrons. The average Bonchev–Trinajstić information content (AvgIpc) is 2.77. The van der Waals surface area contributed by atoms with Gasteiger partial charge in [0.05, 0.1) is 6.42 Å². The fourth-order valence-electron chi connectivity index (χ4n) is 4.13. The molecule has 2 aromatic carbocycles. The van der Waals surface area contributed by atoms with Crippen LogP contribution in [0, 0.1) is 5.82 Å². The number of nitrogens with one attached hydrogen (secondary N) is 1. The molecule has 2 aromatic rings. The van der Waals surface area contributed by atoms with E-state index in [1.807, 2.05) is 19.1 Å². The van der Waals surface area contributed by atoms with E-state index in [2.05, 4.69) is 5.32 Å². The highest BCUT2D eigenvalue weighted by atomic mass is 35.5. The Morgan fingerprint density at radius 2 is 1.65 bits per heavy atom. The highest BCUT2D eigenvalue weighted by Crippen LogP contribution is 2.20. The molecule has 1 atom stereocenters. The van der Waals surface area contributed by atoms with Gasteiger partial charge in [0, 0.05) is 17.6 Å². The first-order valence-corrected chi connectivity index (χ1v) is 11.4. The Kier molecular flexibility index (Phi) is 8.47. The standard InChI is InChI=1S/C25H30ClFN2O2/c1-2-23(25(31)28-22-6-4-3-5-7-22)29(17-19-8-12-20(26)13-9-19)24(30)16-18-10-14-21(27)15-11-18/h8-15,22-23H,2-7,16-17H2,1H3,(H,28,31). The normalized spacial score (nSPS) is 15.3. The zero-order chi connectivity index (χ0) is 22.2. The molecule has 1 unspecified atom stereocenters. The summed E-state index contributed by atoms with van der Waals surface area (Å²) in [7, 11) is 0. The zero-order valence-corrected chi connectivity index (χ0v) is 18.7. The first kappa shape index (κ1) is 23.3. The molecule has 0 radical (unpaired) electrons. The lowest BCUT2D eigenvalue weighted by atomic mass is 9.95. The molecule has 3 rings (SSSR count). The Labute approximate surface area is 188 Å². The van der Waals surface area contributed by atoms with Crippen LogP contribution in [0.4, 0.5) is 4.39 Å². The van der Waals surface area contributed by atoms with Crippen LogP contribution in [0.15, 0.2) is 48.5 Å². The topological polar surface area (TPSA) is 49.4 Å². The predicted octanol–water partition coefficient (Wildman–Crippen LogP) is 5.28. The summed E-state index contributed by atoms with van der Waals surface area (Å²) in [5, 5.41) is 3.79. The predicted molar refractivity (Wildman–Crippen MR) is 121 cm³/mol. The maximum atomic E-state index is 13.3. The molecule has 0 aromatic heterocycles. The van der Waals surface area contributed by atoms with Crippen molar-refractivity contribution in [3.05, 3.63) is 70.5 Å². The minimum Gasteiger partial charge on any atom is -0.352 e. The highest BCUT2D eigenvalue weighted by Gasteiger charge is 2.30. The Bertz CT molecular complexity index is 864. The number of hydrogen-bond acceptors (Lipinski definition) is 2. The monoisotopic (exact) mass is 444 g/mol. The van der Waals surface area contributed by atoms with Gasteiger partial charge < -0.3 is 10.2 Å². The van der Waals surface area contributed by atoms with Crippen LogP contribution in [0.2, 0.25) is 5.02 Å². The van der Waals surface area contributed by atoms with Crippen molar-refractivity contribution in [3.63, 3.8) is 0 Å². The third kappa shape index (κ3) is 6.79. The van der Waals surface area contributed by atoms with Crippen LogP contribution < -0.4 is 5.32 Å². The summed E-state index contributed by atoms with van der Waals surface area (Å²) < 4.78 is 13.3. The molecule has 4 nitrogen and oxygen atoms in total. The van der Waals surface area contributed by atoms with Crippen LogP contribution in [-0.4, -0.2) is 28.8 Å². The lowest BCUT2D eigenvalue weighted by Crippen LogP contribution is -2.51. The van der Waals surface area contributed by atoms with E-state index >= 15 is 0 Å². The molecule has 0 heterocycles. The Morgan fingerprint density at radius 1 is 1.03 bits per heavy atom. The van der Waals surface area contributed by atoms with Crippen LogP contribution in [0.1, 0.15) is 56.6 Å². The number of hydrogen-bond donors (Lipinski definition) is 1. The minimum atomic E-state index is -0.564. The molecular weight excluding hydrogens is 415 g/mol. The average molecular weight is 445 g/mol. The van der Waals surface area contributed by atoms with E-state index in [4.69, 9.17) is 11.6 Å². The molecule has 31 heavy (non-hydrogen) atoms. The van der Waals surface area contributed by atoms with Gasteiger partial charge in [0.1, 0.15) is 11.9 Å². The molecular formula is C25H30ClFN2O2. The van der Waals surface area contributed by atoms with Crippen molar-refractivity contribution < 1.29 is 14.0 Å². The van der Waals surface area contributed by atoms with Crippen molar-refractivity contribution in [2.24, 2.45) is 0 Å².